The molecular formula is C9H13N5S. The molecule has 5 nitrogen and oxygen atoms in total. The summed E-state index contributed by atoms with van der Waals surface area (Å²) in [4.78, 5) is 4.25. The highest BCUT2D eigenvalue weighted by Crippen LogP contribution is 2.16. The maximum absolute atomic E-state index is 4.25. The van der Waals surface area contributed by atoms with Gasteiger partial charge in [-0.25, -0.2) is 4.98 Å². The van der Waals surface area contributed by atoms with Gasteiger partial charge < -0.3 is 5.32 Å². The van der Waals surface area contributed by atoms with E-state index >= 15 is 0 Å². The molecule has 0 aliphatic rings. The van der Waals surface area contributed by atoms with E-state index in [1.807, 2.05) is 17.8 Å². The van der Waals surface area contributed by atoms with E-state index in [4.69, 9.17) is 0 Å². The summed E-state index contributed by atoms with van der Waals surface area (Å²) in [5.74, 6) is 1.02. The average molecular weight is 223 g/mol. The second kappa shape index (κ2) is 4.50. The summed E-state index contributed by atoms with van der Waals surface area (Å²) >= 11 is 1.58. The Kier molecular flexibility index (Phi) is 3.08. The predicted molar refractivity (Wildman–Crippen MR) is 59.2 cm³/mol. The van der Waals surface area contributed by atoms with Crippen LogP contribution >= 0.6 is 11.3 Å². The lowest BCUT2D eigenvalue weighted by Crippen LogP contribution is -2.04. The first-order valence-electron chi connectivity index (χ1n) is 4.84. The number of aryl methyl sites for hydroxylation is 1. The molecule has 0 saturated heterocycles. The van der Waals surface area contributed by atoms with Crippen LogP contribution in [0.5, 0.6) is 0 Å². The maximum atomic E-state index is 4.25. The molecule has 0 aromatic carbocycles. The van der Waals surface area contributed by atoms with Crippen molar-refractivity contribution in [2.45, 2.75) is 19.9 Å². The van der Waals surface area contributed by atoms with Gasteiger partial charge in [-0.1, -0.05) is 18.3 Å². The molecule has 0 aliphatic carbocycles. The molecule has 2 rings (SSSR count). The van der Waals surface area contributed by atoms with Gasteiger partial charge in [0, 0.05) is 25.4 Å². The van der Waals surface area contributed by atoms with Crippen LogP contribution in [0.1, 0.15) is 17.8 Å². The maximum Gasteiger partial charge on any atom is 0.217 e. The highest BCUT2D eigenvalue weighted by molar-refractivity contribution is 7.13. The fourth-order valence-corrected chi connectivity index (χ4v) is 2.19. The predicted octanol–water partition coefficient (Wildman–Crippen LogP) is 1.01. The lowest BCUT2D eigenvalue weighted by Gasteiger charge is -1.98. The van der Waals surface area contributed by atoms with E-state index in [9.17, 15) is 0 Å². The van der Waals surface area contributed by atoms with Crippen LogP contribution in [0.4, 0.5) is 0 Å². The number of imidazole rings is 1. The molecule has 6 heteroatoms. The van der Waals surface area contributed by atoms with Crippen LogP contribution in [0.3, 0.4) is 0 Å². The van der Waals surface area contributed by atoms with Gasteiger partial charge in [-0.3, -0.25) is 4.57 Å². The summed E-state index contributed by atoms with van der Waals surface area (Å²) in [6, 6.07) is 0. The Hall–Kier alpha value is -1.27. The van der Waals surface area contributed by atoms with Gasteiger partial charge >= 0.3 is 0 Å². The molecule has 1 N–H and O–H groups in total. The van der Waals surface area contributed by atoms with E-state index in [0.29, 0.717) is 0 Å². The van der Waals surface area contributed by atoms with E-state index in [1.165, 1.54) is 0 Å². The third-order valence-corrected chi connectivity index (χ3v) is 2.95. The highest BCUT2D eigenvalue weighted by atomic mass is 32.1. The van der Waals surface area contributed by atoms with Crippen molar-refractivity contribution in [1.82, 2.24) is 25.1 Å². The lowest BCUT2D eigenvalue weighted by molar-refractivity contribution is 0.789. The Balaban J connectivity index is 2.28. The number of rotatable bonds is 4. The summed E-state index contributed by atoms with van der Waals surface area (Å²) < 4.78 is 1.98. The summed E-state index contributed by atoms with van der Waals surface area (Å²) in [5.41, 5.74) is 0. The van der Waals surface area contributed by atoms with Crippen molar-refractivity contribution < 1.29 is 0 Å². The first kappa shape index (κ1) is 10.3. The van der Waals surface area contributed by atoms with Gasteiger partial charge in [0.2, 0.25) is 5.13 Å². The van der Waals surface area contributed by atoms with Crippen LogP contribution in [0.2, 0.25) is 0 Å². The molecule has 0 aliphatic heterocycles. The standard InChI is InChI=1S/C9H13N5S/c1-3-7-11-4-5-14(7)9-13-12-8(15-9)6-10-2/h4-5,10H,3,6H2,1-2H3. The Labute approximate surface area is 92.2 Å². The molecule has 0 spiro atoms. The van der Waals surface area contributed by atoms with Gasteiger partial charge in [-0.2, -0.15) is 0 Å². The summed E-state index contributed by atoms with van der Waals surface area (Å²) in [5, 5.41) is 13.2. The summed E-state index contributed by atoms with van der Waals surface area (Å²) in [7, 11) is 1.90. The topological polar surface area (TPSA) is 55.6 Å². The van der Waals surface area contributed by atoms with E-state index in [-0.39, 0.29) is 0 Å². The average Bonchev–Trinajstić information content (AvgIpc) is 2.84. The van der Waals surface area contributed by atoms with Crippen LogP contribution < -0.4 is 5.32 Å². The quantitative estimate of drug-likeness (QED) is 0.840. The van der Waals surface area contributed by atoms with Crippen LogP contribution in [0, 0.1) is 0 Å². The Morgan fingerprint density at radius 3 is 3.07 bits per heavy atom. The molecular weight excluding hydrogens is 210 g/mol. The third-order valence-electron chi connectivity index (χ3n) is 2.02. The van der Waals surface area contributed by atoms with Crippen LogP contribution in [-0.2, 0) is 13.0 Å². The molecule has 2 aromatic rings. The van der Waals surface area contributed by atoms with Crippen molar-refractivity contribution in [2.24, 2.45) is 0 Å². The Morgan fingerprint density at radius 2 is 2.33 bits per heavy atom. The van der Waals surface area contributed by atoms with Gasteiger partial charge in [0.1, 0.15) is 10.8 Å². The fourth-order valence-electron chi connectivity index (χ4n) is 1.33. The van der Waals surface area contributed by atoms with E-state index in [0.717, 1.165) is 28.9 Å². The van der Waals surface area contributed by atoms with Crippen molar-refractivity contribution in [3.05, 3.63) is 23.2 Å². The largest absolute Gasteiger partial charge is 0.313 e. The van der Waals surface area contributed by atoms with Crippen molar-refractivity contribution >= 4 is 11.3 Å². The Bertz CT molecular complexity index is 433. The molecule has 0 saturated carbocycles. The molecule has 0 fully saturated rings. The number of hydrogen-bond donors (Lipinski definition) is 1. The van der Waals surface area contributed by atoms with Crippen molar-refractivity contribution in [3.8, 4) is 5.13 Å². The smallest absolute Gasteiger partial charge is 0.217 e. The van der Waals surface area contributed by atoms with Crippen LogP contribution in [-0.4, -0.2) is 26.8 Å². The van der Waals surface area contributed by atoms with Crippen molar-refractivity contribution in [1.29, 1.82) is 0 Å². The van der Waals surface area contributed by atoms with E-state index in [1.54, 1.807) is 17.5 Å². The fraction of sp³-hybridized carbons (Fsp3) is 0.444. The summed E-state index contributed by atoms with van der Waals surface area (Å²) in [6.45, 7) is 2.84. The van der Waals surface area contributed by atoms with Crippen LogP contribution in [0.15, 0.2) is 12.4 Å². The number of aromatic nitrogens is 4. The number of nitrogens with one attached hydrogen (secondary N) is 1. The van der Waals surface area contributed by atoms with E-state index < -0.39 is 0 Å². The zero-order valence-electron chi connectivity index (χ0n) is 8.77. The van der Waals surface area contributed by atoms with Gasteiger partial charge in [-0.05, 0) is 7.05 Å². The summed E-state index contributed by atoms with van der Waals surface area (Å²) in [6.07, 6.45) is 4.61. The molecule has 0 radical (unpaired) electrons. The first-order valence-corrected chi connectivity index (χ1v) is 5.66. The monoisotopic (exact) mass is 223 g/mol. The molecule has 0 amide bonds. The molecule has 2 aromatic heterocycles. The molecule has 80 valence electrons. The van der Waals surface area contributed by atoms with Gasteiger partial charge in [0.15, 0.2) is 0 Å². The second-order valence-corrected chi connectivity index (χ2v) is 4.12. The lowest BCUT2D eigenvalue weighted by atomic mass is 10.5. The normalized spacial score (nSPS) is 10.8. The minimum absolute atomic E-state index is 0.758. The molecule has 2 heterocycles. The van der Waals surface area contributed by atoms with Crippen LogP contribution in [0.25, 0.3) is 5.13 Å². The first-order chi connectivity index (χ1) is 7.35. The second-order valence-electron chi connectivity index (χ2n) is 3.08. The van der Waals surface area contributed by atoms with Crippen molar-refractivity contribution in [3.63, 3.8) is 0 Å². The van der Waals surface area contributed by atoms with Gasteiger partial charge in [-0.15, -0.1) is 10.2 Å². The minimum Gasteiger partial charge on any atom is -0.313 e. The SMILES string of the molecule is CCc1nccn1-c1nnc(CNC)s1. The highest BCUT2D eigenvalue weighted by Gasteiger charge is 2.08. The Morgan fingerprint density at radius 1 is 1.47 bits per heavy atom. The van der Waals surface area contributed by atoms with Crippen molar-refractivity contribution in [2.75, 3.05) is 7.05 Å². The zero-order chi connectivity index (χ0) is 10.7. The van der Waals surface area contributed by atoms with Gasteiger partial charge in [0.25, 0.3) is 0 Å². The number of nitrogens with zero attached hydrogens (tertiary/aromatic N) is 4. The third kappa shape index (κ3) is 2.05. The number of hydrogen-bond acceptors (Lipinski definition) is 5. The molecule has 15 heavy (non-hydrogen) atoms. The molecule has 0 unspecified atom stereocenters. The molecule has 0 atom stereocenters. The van der Waals surface area contributed by atoms with E-state index in [2.05, 4.69) is 27.4 Å². The molecule has 0 bridgehead atoms. The zero-order valence-corrected chi connectivity index (χ0v) is 9.58. The van der Waals surface area contributed by atoms with Gasteiger partial charge in [0.05, 0.1) is 0 Å². The minimum atomic E-state index is 0.758.